The van der Waals surface area contributed by atoms with E-state index in [0.29, 0.717) is 17.1 Å². The Labute approximate surface area is 152 Å². The molecular formula is C20H13F2N3O2. The number of hydrogen-bond acceptors (Lipinski definition) is 4. The molecule has 0 unspecified atom stereocenters. The van der Waals surface area contributed by atoms with Crippen LogP contribution in [-0.4, -0.2) is 14.7 Å². The van der Waals surface area contributed by atoms with Gasteiger partial charge in [-0.1, -0.05) is 41.6 Å². The highest BCUT2D eigenvalue weighted by Gasteiger charge is 2.15. The quantitative estimate of drug-likeness (QED) is 0.550. The van der Waals surface area contributed by atoms with E-state index in [1.165, 1.54) is 22.8 Å². The molecule has 0 spiro atoms. The fourth-order valence-electron chi connectivity index (χ4n) is 2.79. The van der Waals surface area contributed by atoms with Crippen LogP contribution in [0, 0.1) is 11.6 Å². The third-order valence-electron chi connectivity index (χ3n) is 3.99. The Morgan fingerprint density at radius 2 is 1.67 bits per heavy atom. The van der Waals surface area contributed by atoms with Crippen LogP contribution in [0.25, 0.3) is 23.0 Å². The zero-order valence-electron chi connectivity index (χ0n) is 14.0. The highest BCUT2D eigenvalue weighted by atomic mass is 19.1. The molecule has 134 valence electrons. The second kappa shape index (κ2) is 6.95. The fourth-order valence-corrected chi connectivity index (χ4v) is 2.79. The third-order valence-corrected chi connectivity index (χ3v) is 3.99. The van der Waals surface area contributed by atoms with Gasteiger partial charge >= 0.3 is 0 Å². The largest absolute Gasteiger partial charge is 0.332 e. The Bertz CT molecular complexity index is 1130. The topological polar surface area (TPSA) is 60.9 Å². The van der Waals surface area contributed by atoms with Crippen LogP contribution in [0.2, 0.25) is 0 Å². The van der Waals surface area contributed by atoms with Crippen molar-refractivity contribution in [2.75, 3.05) is 0 Å². The lowest BCUT2D eigenvalue weighted by atomic mass is 10.2. The van der Waals surface area contributed by atoms with Crippen LogP contribution in [0.5, 0.6) is 0 Å². The maximum Gasteiger partial charge on any atom is 0.274 e. The van der Waals surface area contributed by atoms with Crippen molar-refractivity contribution in [2.45, 2.75) is 6.54 Å². The Kier molecular flexibility index (Phi) is 4.33. The van der Waals surface area contributed by atoms with Crippen LogP contribution < -0.4 is 5.56 Å². The van der Waals surface area contributed by atoms with E-state index in [1.807, 2.05) is 30.3 Å². The van der Waals surface area contributed by atoms with Gasteiger partial charge in [0.25, 0.3) is 11.4 Å². The predicted octanol–water partition coefficient (Wildman–Crippen LogP) is 3.89. The van der Waals surface area contributed by atoms with Gasteiger partial charge in [0.1, 0.15) is 17.3 Å². The summed E-state index contributed by atoms with van der Waals surface area (Å²) in [7, 11) is 0. The van der Waals surface area contributed by atoms with Gasteiger partial charge in [-0.2, -0.15) is 4.98 Å². The fraction of sp³-hybridized carbons (Fsp3) is 0.0500. The lowest BCUT2D eigenvalue weighted by Gasteiger charge is -2.10. The molecule has 0 saturated carbocycles. The molecule has 27 heavy (non-hydrogen) atoms. The van der Waals surface area contributed by atoms with Gasteiger partial charge in [-0.15, -0.1) is 0 Å². The summed E-state index contributed by atoms with van der Waals surface area (Å²) in [5, 5.41) is 3.95. The summed E-state index contributed by atoms with van der Waals surface area (Å²) < 4.78 is 33.6. The van der Waals surface area contributed by atoms with Crippen molar-refractivity contribution in [3.8, 4) is 23.0 Å². The van der Waals surface area contributed by atoms with Gasteiger partial charge in [-0.25, -0.2) is 8.78 Å². The van der Waals surface area contributed by atoms with Gasteiger partial charge in [-0.05, 0) is 23.8 Å². The minimum absolute atomic E-state index is 0.0350. The molecule has 5 nitrogen and oxygen atoms in total. The SMILES string of the molecule is O=c1cccc(-c2nc(-c3ccccc3)no2)n1Cc1cc(F)cc(F)c1. The van der Waals surface area contributed by atoms with Gasteiger partial charge in [0.2, 0.25) is 5.82 Å². The van der Waals surface area contributed by atoms with Crippen LogP contribution in [0.4, 0.5) is 8.78 Å². The molecule has 0 aliphatic heterocycles. The number of aromatic nitrogens is 3. The normalized spacial score (nSPS) is 10.9. The highest BCUT2D eigenvalue weighted by Crippen LogP contribution is 2.22. The monoisotopic (exact) mass is 365 g/mol. The average molecular weight is 365 g/mol. The Balaban J connectivity index is 1.75. The van der Waals surface area contributed by atoms with E-state index in [2.05, 4.69) is 10.1 Å². The summed E-state index contributed by atoms with van der Waals surface area (Å²) in [6, 6.07) is 16.9. The van der Waals surface area contributed by atoms with E-state index in [-0.39, 0.29) is 18.0 Å². The molecule has 0 amide bonds. The molecule has 0 aliphatic carbocycles. The number of hydrogen-bond donors (Lipinski definition) is 0. The summed E-state index contributed by atoms with van der Waals surface area (Å²) in [5.74, 6) is -0.895. The maximum atomic E-state index is 13.5. The zero-order chi connectivity index (χ0) is 18.8. The van der Waals surface area contributed by atoms with Crippen molar-refractivity contribution in [2.24, 2.45) is 0 Å². The lowest BCUT2D eigenvalue weighted by molar-refractivity contribution is 0.428. The second-order valence-electron chi connectivity index (χ2n) is 5.90. The third kappa shape index (κ3) is 3.52. The van der Waals surface area contributed by atoms with Crippen LogP contribution in [-0.2, 0) is 6.54 Å². The summed E-state index contributed by atoms with van der Waals surface area (Å²) in [5.41, 5.74) is 1.09. The summed E-state index contributed by atoms with van der Waals surface area (Å²) in [6.45, 7) is -0.0350. The van der Waals surface area contributed by atoms with Crippen molar-refractivity contribution >= 4 is 0 Å². The standard InChI is InChI=1S/C20H13F2N3O2/c21-15-9-13(10-16(22)11-15)12-25-17(7-4-8-18(25)26)20-23-19(24-27-20)14-5-2-1-3-6-14/h1-11H,12H2. The summed E-state index contributed by atoms with van der Waals surface area (Å²) >= 11 is 0. The zero-order valence-corrected chi connectivity index (χ0v) is 14.0. The molecule has 0 N–H and O–H groups in total. The Hall–Kier alpha value is -3.61. The number of benzene rings is 2. The van der Waals surface area contributed by atoms with Gasteiger partial charge in [0, 0.05) is 17.7 Å². The van der Waals surface area contributed by atoms with Crippen molar-refractivity contribution in [3.05, 3.63) is 94.3 Å². The molecular weight excluding hydrogens is 352 g/mol. The molecule has 0 fully saturated rings. The first-order valence-electron chi connectivity index (χ1n) is 8.14. The van der Waals surface area contributed by atoms with Crippen LogP contribution in [0.15, 0.2) is 76.0 Å². The molecule has 0 aliphatic rings. The summed E-state index contributed by atoms with van der Waals surface area (Å²) in [4.78, 5) is 16.7. The maximum absolute atomic E-state index is 13.5. The average Bonchev–Trinajstić information content (AvgIpc) is 3.13. The van der Waals surface area contributed by atoms with Gasteiger partial charge in [0.05, 0.1) is 6.54 Å². The van der Waals surface area contributed by atoms with Crippen LogP contribution in [0.3, 0.4) is 0 Å². The highest BCUT2D eigenvalue weighted by molar-refractivity contribution is 5.57. The second-order valence-corrected chi connectivity index (χ2v) is 5.90. The Morgan fingerprint density at radius 1 is 0.926 bits per heavy atom. The van der Waals surface area contributed by atoms with E-state index >= 15 is 0 Å². The van der Waals surface area contributed by atoms with Gasteiger partial charge < -0.3 is 4.52 Å². The number of halogens is 2. The smallest absolute Gasteiger partial charge is 0.274 e. The van der Waals surface area contributed by atoms with E-state index < -0.39 is 11.6 Å². The van der Waals surface area contributed by atoms with Crippen molar-refractivity contribution in [1.29, 1.82) is 0 Å². The first kappa shape index (κ1) is 16.8. The number of pyridine rings is 1. The predicted molar refractivity (Wildman–Crippen MR) is 94.9 cm³/mol. The van der Waals surface area contributed by atoms with E-state index in [0.717, 1.165) is 11.6 Å². The van der Waals surface area contributed by atoms with Crippen molar-refractivity contribution in [3.63, 3.8) is 0 Å². The van der Waals surface area contributed by atoms with Crippen molar-refractivity contribution < 1.29 is 13.3 Å². The van der Waals surface area contributed by atoms with Gasteiger partial charge in [-0.3, -0.25) is 9.36 Å². The van der Waals surface area contributed by atoms with E-state index in [1.54, 1.807) is 12.1 Å². The molecule has 0 saturated heterocycles. The van der Waals surface area contributed by atoms with Crippen LogP contribution >= 0.6 is 0 Å². The first-order valence-corrected chi connectivity index (χ1v) is 8.14. The molecule has 4 rings (SSSR count). The van der Waals surface area contributed by atoms with Crippen molar-refractivity contribution in [1.82, 2.24) is 14.7 Å². The van der Waals surface area contributed by atoms with E-state index in [9.17, 15) is 13.6 Å². The molecule has 2 heterocycles. The minimum atomic E-state index is -0.709. The lowest BCUT2D eigenvalue weighted by Crippen LogP contribution is -2.21. The molecule has 4 aromatic rings. The molecule has 0 bridgehead atoms. The number of rotatable bonds is 4. The number of nitrogens with zero attached hydrogens (tertiary/aromatic N) is 3. The molecule has 0 atom stereocenters. The van der Waals surface area contributed by atoms with Gasteiger partial charge in [0.15, 0.2) is 0 Å². The molecule has 7 heteroatoms. The first-order chi connectivity index (χ1) is 13.1. The molecule has 2 aromatic heterocycles. The molecule has 0 radical (unpaired) electrons. The van der Waals surface area contributed by atoms with Crippen LogP contribution in [0.1, 0.15) is 5.56 Å². The van der Waals surface area contributed by atoms with E-state index in [4.69, 9.17) is 4.52 Å². The Morgan fingerprint density at radius 3 is 2.41 bits per heavy atom. The summed E-state index contributed by atoms with van der Waals surface area (Å²) in [6.07, 6.45) is 0. The minimum Gasteiger partial charge on any atom is -0.332 e. The molecule has 2 aromatic carbocycles.